The molecule has 0 saturated heterocycles. The van der Waals surface area contributed by atoms with Gasteiger partial charge in [-0.2, -0.15) is 0 Å². The second-order valence-corrected chi connectivity index (χ2v) is 22.0. The maximum absolute atomic E-state index is 12.8. The Morgan fingerprint density at radius 3 is 1.16 bits per heavy atom. The summed E-state index contributed by atoms with van der Waals surface area (Å²) in [5.41, 5.74) is 0. The number of hydrogen-bond donors (Lipinski definition) is 0. The first-order valence-corrected chi connectivity index (χ1v) is 31.1. The lowest BCUT2D eigenvalue weighted by molar-refractivity contribution is -0.870. The van der Waals surface area contributed by atoms with Crippen LogP contribution < -0.4 is 5.11 Å². The number of carboxylic acid groups (broad SMARTS) is 1. The Kier molecular flexibility index (Phi) is 54.4. The molecule has 0 saturated carbocycles. The van der Waals surface area contributed by atoms with E-state index in [-0.39, 0.29) is 38.6 Å². The van der Waals surface area contributed by atoms with Gasteiger partial charge in [0.2, 0.25) is 0 Å². The molecule has 0 spiro atoms. The molecular formula is C66H117NO8. The Morgan fingerprint density at radius 2 is 0.760 bits per heavy atom. The molecule has 0 aromatic carbocycles. The molecule has 0 amide bonds. The van der Waals surface area contributed by atoms with E-state index >= 15 is 0 Å². The smallest absolute Gasteiger partial charge is 0.306 e. The van der Waals surface area contributed by atoms with Crippen molar-refractivity contribution in [2.24, 2.45) is 0 Å². The van der Waals surface area contributed by atoms with Gasteiger partial charge in [-0.05, 0) is 83.5 Å². The predicted molar refractivity (Wildman–Crippen MR) is 315 cm³/mol. The first-order valence-electron chi connectivity index (χ1n) is 31.1. The molecule has 75 heavy (non-hydrogen) atoms. The number of nitrogens with zero attached hydrogens (tertiary/aromatic N) is 1. The van der Waals surface area contributed by atoms with Gasteiger partial charge >= 0.3 is 11.9 Å². The van der Waals surface area contributed by atoms with Crippen LogP contribution >= 0.6 is 0 Å². The summed E-state index contributed by atoms with van der Waals surface area (Å²) in [6.07, 6.45) is 71.2. The van der Waals surface area contributed by atoms with E-state index in [1.165, 1.54) is 167 Å². The number of ether oxygens (including phenoxy) is 4. The molecule has 0 heterocycles. The fraction of sp³-hybridized carbons (Fsp3) is 0.773. The summed E-state index contributed by atoms with van der Waals surface area (Å²) < 4.78 is 22.7. The summed E-state index contributed by atoms with van der Waals surface area (Å²) >= 11 is 0. The van der Waals surface area contributed by atoms with Gasteiger partial charge in [-0.1, -0.05) is 247 Å². The van der Waals surface area contributed by atoms with Gasteiger partial charge in [-0.25, -0.2) is 0 Å². The molecule has 0 aromatic heterocycles. The van der Waals surface area contributed by atoms with Crippen LogP contribution in [-0.4, -0.2) is 82.3 Å². The van der Waals surface area contributed by atoms with E-state index < -0.39 is 24.3 Å². The maximum atomic E-state index is 12.8. The van der Waals surface area contributed by atoms with Crippen molar-refractivity contribution in [3.8, 4) is 0 Å². The number of quaternary nitrogens is 1. The van der Waals surface area contributed by atoms with Crippen molar-refractivity contribution in [2.75, 3.05) is 47.5 Å². The van der Waals surface area contributed by atoms with Gasteiger partial charge in [0, 0.05) is 12.8 Å². The van der Waals surface area contributed by atoms with E-state index in [0.29, 0.717) is 17.4 Å². The fourth-order valence-electron chi connectivity index (χ4n) is 8.68. The first-order chi connectivity index (χ1) is 36.6. The average Bonchev–Trinajstić information content (AvgIpc) is 3.38. The van der Waals surface area contributed by atoms with E-state index in [2.05, 4.69) is 86.8 Å². The highest BCUT2D eigenvalue weighted by molar-refractivity contribution is 5.70. The third kappa shape index (κ3) is 58.3. The standard InChI is InChI=1S/C66H117NO8/c1-6-8-10-12-14-16-18-20-22-24-26-27-28-29-30-31-32-33-34-35-36-37-39-40-42-44-46-48-50-52-54-56-63(68)73-60-62(61-74-66(65(70)71)72-59-58-67(3,4)5)75-64(69)57-55-53-51-49-47-45-43-41-38-25-23-21-19-17-15-13-11-9-7-2/h9,11,15,17,21,23-24,26,38,41,45,47,62,66H,6-8,10,12-14,16,18-20,22,25,27-37,39-40,42-44,46,48-61H2,1-5H3/b11-9-,17-15-,23-21-,26-24-,41-38-,47-45-. The maximum Gasteiger partial charge on any atom is 0.306 e. The number of allylic oxidation sites excluding steroid dienone is 12. The molecule has 9 heteroatoms. The van der Waals surface area contributed by atoms with Crippen LogP contribution in [0.1, 0.15) is 271 Å². The van der Waals surface area contributed by atoms with Crippen LogP contribution in [0.3, 0.4) is 0 Å². The SMILES string of the molecule is CC/C=C\C/C=C\C/C=C\C/C=C\C/C=C\CCCCCC(=O)OC(COC(=O)CCCCCCCCCCCCCCCCCCCCC/C=C\CCCCCCCCCC)COC(OCC[N+](C)(C)C)C(=O)[O-]. The van der Waals surface area contributed by atoms with Crippen LogP contribution in [0.2, 0.25) is 0 Å². The molecule has 0 aliphatic carbocycles. The molecule has 0 bridgehead atoms. The van der Waals surface area contributed by atoms with Gasteiger partial charge in [0.25, 0.3) is 0 Å². The Labute approximate surface area is 462 Å². The minimum atomic E-state index is -1.63. The molecule has 0 aromatic rings. The van der Waals surface area contributed by atoms with E-state index in [1.54, 1.807) is 0 Å². The molecule has 0 N–H and O–H groups in total. The number of unbranched alkanes of at least 4 members (excludes halogenated alkanes) is 30. The van der Waals surface area contributed by atoms with Gasteiger partial charge in [0.1, 0.15) is 13.2 Å². The number of carboxylic acids is 1. The summed E-state index contributed by atoms with van der Waals surface area (Å²) in [6, 6.07) is 0. The Hall–Kier alpha value is -3.27. The lowest BCUT2D eigenvalue weighted by Gasteiger charge is -2.26. The van der Waals surface area contributed by atoms with Gasteiger partial charge in [0.15, 0.2) is 12.4 Å². The summed E-state index contributed by atoms with van der Waals surface area (Å²) in [7, 11) is 5.91. The molecule has 434 valence electrons. The van der Waals surface area contributed by atoms with E-state index in [0.717, 1.165) is 70.6 Å². The molecule has 0 radical (unpaired) electrons. The van der Waals surface area contributed by atoms with Gasteiger partial charge in [-0.15, -0.1) is 0 Å². The highest BCUT2D eigenvalue weighted by Crippen LogP contribution is 2.17. The second-order valence-electron chi connectivity index (χ2n) is 22.0. The Bertz CT molecular complexity index is 1460. The van der Waals surface area contributed by atoms with Crippen LogP contribution in [-0.2, 0) is 33.3 Å². The van der Waals surface area contributed by atoms with Crippen LogP contribution in [0.5, 0.6) is 0 Å². The molecule has 9 nitrogen and oxygen atoms in total. The van der Waals surface area contributed by atoms with Gasteiger partial charge < -0.3 is 33.3 Å². The van der Waals surface area contributed by atoms with Crippen LogP contribution in [0.15, 0.2) is 72.9 Å². The molecular weight excluding hydrogens is 935 g/mol. The van der Waals surface area contributed by atoms with Crippen molar-refractivity contribution in [1.29, 1.82) is 0 Å². The molecule has 0 fully saturated rings. The number of esters is 2. The zero-order chi connectivity index (χ0) is 54.8. The normalized spacial score (nSPS) is 13.2. The first kappa shape index (κ1) is 71.7. The summed E-state index contributed by atoms with van der Waals surface area (Å²) in [6.45, 7) is 4.61. The number of hydrogen-bond acceptors (Lipinski definition) is 8. The molecule has 2 atom stereocenters. The third-order valence-corrected chi connectivity index (χ3v) is 13.4. The number of carbonyl (C=O) groups is 3. The summed E-state index contributed by atoms with van der Waals surface area (Å²) in [5.74, 6) is -2.32. The van der Waals surface area contributed by atoms with Crippen LogP contribution in [0, 0.1) is 0 Å². The third-order valence-electron chi connectivity index (χ3n) is 13.4. The van der Waals surface area contributed by atoms with Gasteiger partial charge in [0.05, 0.1) is 40.3 Å². The topological polar surface area (TPSA) is 111 Å². The fourth-order valence-corrected chi connectivity index (χ4v) is 8.68. The zero-order valence-electron chi connectivity index (χ0n) is 49.4. The van der Waals surface area contributed by atoms with E-state index in [4.69, 9.17) is 18.9 Å². The largest absolute Gasteiger partial charge is 0.545 e. The highest BCUT2D eigenvalue weighted by Gasteiger charge is 2.22. The zero-order valence-corrected chi connectivity index (χ0v) is 49.4. The van der Waals surface area contributed by atoms with Crippen molar-refractivity contribution in [3.05, 3.63) is 72.9 Å². The number of likely N-dealkylation sites (N-methyl/N-ethyl adjacent to an activating group) is 1. The molecule has 0 rings (SSSR count). The average molecular weight is 1050 g/mol. The summed E-state index contributed by atoms with van der Waals surface area (Å²) in [4.78, 5) is 37.3. The van der Waals surface area contributed by atoms with Crippen molar-refractivity contribution < 1.29 is 42.9 Å². The van der Waals surface area contributed by atoms with Crippen LogP contribution in [0.25, 0.3) is 0 Å². The van der Waals surface area contributed by atoms with Crippen molar-refractivity contribution in [1.82, 2.24) is 0 Å². The minimum absolute atomic E-state index is 0.139. The molecule has 2 unspecified atom stereocenters. The minimum Gasteiger partial charge on any atom is -0.545 e. The van der Waals surface area contributed by atoms with Crippen LogP contribution in [0.4, 0.5) is 0 Å². The number of carbonyl (C=O) groups excluding carboxylic acids is 3. The van der Waals surface area contributed by atoms with E-state index in [9.17, 15) is 19.5 Å². The Morgan fingerprint density at radius 1 is 0.413 bits per heavy atom. The quantitative estimate of drug-likeness (QED) is 0.0195. The predicted octanol–water partition coefficient (Wildman–Crippen LogP) is 17.2. The monoisotopic (exact) mass is 1050 g/mol. The second kappa shape index (κ2) is 56.9. The molecule has 0 aliphatic rings. The summed E-state index contributed by atoms with van der Waals surface area (Å²) in [5, 5.41) is 11.8. The highest BCUT2D eigenvalue weighted by atomic mass is 16.7. The Balaban J connectivity index is 4.15. The van der Waals surface area contributed by atoms with Crippen molar-refractivity contribution >= 4 is 17.9 Å². The lowest BCUT2D eigenvalue weighted by Crippen LogP contribution is -2.44. The van der Waals surface area contributed by atoms with Crippen molar-refractivity contribution in [2.45, 2.75) is 283 Å². The van der Waals surface area contributed by atoms with E-state index in [1.807, 2.05) is 21.1 Å². The molecule has 0 aliphatic heterocycles. The van der Waals surface area contributed by atoms with Crippen molar-refractivity contribution in [3.63, 3.8) is 0 Å². The number of rotatable bonds is 57. The lowest BCUT2D eigenvalue weighted by atomic mass is 10.0. The van der Waals surface area contributed by atoms with Gasteiger partial charge in [-0.3, -0.25) is 9.59 Å². The number of aliphatic carboxylic acids is 1.